The van der Waals surface area contributed by atoms with Crippen LogP contribution in [0.4, 0.5) is 0 Å². The molecular formula is C10H13NO2. The van der Waals surface area contributed by atoms with E-state index in [0.29, 0.717) is 11.3 Å². The molecule has 0 bridgehead atoms. The van der Waals surface area contributed by atoms with E-state index in [-0.39, 0.29) is 11.9 Å². The molecule has 3 heteroatoms. The Balaban J connectivity index is 2.99. The molecule has 0 saturated carbocycles. The molecule has 1 aliphatic rings. The summed E-state index contributed by atoms with van der Waals surface area (Å²) in [6.45, 7) is 1.98. The van der Waals surface area contributed by atoms with E-state index in [2.05, 4.69) is 4.74 Å². The lowest BCUT2D eigenvalue weighted by molar-refractivity contribution is -0.135. The van der Waals surface area contributed by atoms with Crippen molar-refractivity contribution >= 4 is 5.97 Å². The van der Waals surface area contributed by atoms with E-state index >= 15 is 0 Å². The van der Waals surface area contributed by atoms with Gasteiger partial charge in [-0.15, -0.1) is 0 Å². The van der Waals surface area contributed by atoms with Crippen LogP contribution in [-0.4, -0.2) is 13.1 Å². The average Bonchev–Trinajstić information content (AvgIpc) is 2.27. The summed E-state index contributed by atoms with van der Waals surface area (Å²) in [5, 5.41) is 0. The summed E-state index contributed by atoms with van der Waals surface area (Å²) in [5.74, 6) is -0.185. The van der Waals surface area contributed by atoms with E-state index in [0.717, 1.165) is 0 Å². The van der Waals surface area contributed by atoms with Crippen molar-refractivity contribution in [3.8, 4) is 0 Å². The maximum atomic E-state index is 11.2. The smallest absolute Gasteiger partial charge is 0.339 e. The second kappa shape index (κ2) is 3.94. The van der Waals surface area contributed by atoms with E-state index in [1.54, 1.807) is 12.2 Å². The standard InChI is InChI=1S/C10H13NO2/c1-7-4-3-5-9(11)8(6-7)10(12)13-2/h3-7H,11H2,1-2H3. The maximum absolute atomic E-state index is 11.2. The Labute approximate surface area is 77.6 Å². The van der Waals surface area contributed by atoms with Crippen molar-refractivity contribution in [2.24, 2.45) is 11.7 Å². The second-order valence-electron chi connectivity index (χ2n) is 2.94. The maximum Gasteiger partial charge on any atom is 0.339 e. The number of hydrogen-bond acceptors (Lipinski definition) is 3. The number of esters is 1. The summed E-state index contributed by atoms with van der Waals surface area (Å²) < 4.78 is 4.61. The SMILES string of the molecule is COC(=O)C1=CC(C)C=CC=C1N. The second-order valence-corrected chi connectivity index (χ2v) is 2.94. The Morgan fingerprint density at radius 1 is 1.62 bits per heavy atom. The Morgan fingerprint density at radius 3 is 2.92 bits per heavy atom. The van der Waals surface area contributed by atoms with Crippen LogP contribution in [-0.2, 0) is 9.53 Å². The van der Waals surface area contributed by atoms with Crippen LogP contribution in [0.25, 0.3) is 0 Å². The van der Waals surface area contributed by atoms with Crippen molar-refractivity contribution in [3.05, 3.63) is 35.6 Å². The summed E-state index contributed by atoms with van der Waals surface area (Å²) in [6, 6.07) is 0. The summed E-state index contributed by atoms with van der Waals surface area (Å²) in [4.78, 5) is 11.2. The van der Waals surface area contributed by atoms with Gasteiger partial charge in [0.1, 0.15) is 0 Å². The van der Waals surface area contributed by atoms with Crippen LogP contribution in [0.2, 0.25) is 0 Å². The predicted octanol–water partition coefficient (Wildman–Crippen LogP) is 1.13. The van der Waals surface area contributed by atoms with Crippen molar-refractivity contribution in [2.45, 2.75) is 6.92 Å². The molecule has 1 aliphatic carbocycles. The fraction of sp³-hybridized carbons (Fsp3) is 0.300. The molecule has 0 radical (unpaired) electrons. The number of carbonyl (C=O) groups is 1. The summed E-state index contributed by atoms with van der Waals surface area (Å²) in [7, 11) is 1.35. The van der Waals surface area contributed by atoms with E-state index < -0.39 is 0 Å². The molecule has 0 aromatic carbocycles. The number of nitrogens with two attached hydrogens (primary N) is 1. The number of methoxy groups -OCH3 is 1. The number of rotatable bonds is 1. The minimum absolute atomic E-state index is 0.200. The average molecular weight is 179 g/mol. The van der Waals surface area contributed by atoms with Gasteiger partial charge in [-0.1, -0.05) is 25.2 Å². The third-order valence-corrected chi connectivity index (χ3v) is 1.84. The summed E-state index contributed by atoms with van der Waals surface area (Å²) in [6.07, 6.45) is 7.29. The van der Waals surface area contributed by atoms with Crippen LogP contribution in [0.3, 0.4) is 0 Å². The number of hydrogen-bond donors (Lipinski definition) is 1. The van der Waals surface area contributed by atoms with Gasteiger partial charge in [0.25, 0.3) is 0 Å². The highest BCUT2D eigenvalue weighted by molar-refractivity contribution is 5.93. The predicted molar refractivity (Wildman–Crippen MR) is 50.7 cm³/mol. The van der Waals surface area contributed by atoms with Crippen LogP contribution in [0.1, 0.15) is 6.92 Å². The van der Waals surface area contributed by atoms with Gasteiger partial charge in [-0.25, -0.2) is 4.79 Å². The first kappa shape index (κ1) is 9.58. The van der Waals surface area contributed by atoms with Crippen molar-refractivity contribution in [1.29, 1.82) is 0 Å². The normalized spacial score (nSPS) is 21.5. The molecule has 0 saturated heterocycles. The monoisotopic (exact) mass is 179 g/mol. The summed E-state index contributed by atoms with van der Waals surface area (Å²) in [5.41, 5.74) is 6.55. The van der Waals surface area contributed by atoms with Gasteiger partial charge >= 0.3 is 5.97 Å². The molecule has 1 rings (SSSR count). The van der Waals surface area contributed by atoms with E-state index in [9.17, 15) is 4.79 Å². The zero-order chi connectivity index (χ0) is 9.84. The highest BCUT2D eigenvalue weighted by atomic mass is 16.5. The first-order chi connectivity index (χ1) is 6.15. The topological polar surface area (TPSA) is 52.3 Å². The van der Waals surface area contributed by atoms with Crippen molar-refractivity contribution in [3.63, 3.8) is 0 Å². The molecule has 0 aromatic rings. The zero-order valence-electron chi connectivity index (χ0n) is 7.78. The molecule has 3 nitrogen and oxygen atoms in total. The third kappa shape index (κ3) is 2.21. The first-order valence-corrected chi connectivity index (χ1v) is 4.09. The van der Waals surface area contributed by atoms with Gasteiger partial charge < -0.3 is 10.5 Å². The van der Waals surface area contributed by atoms with Gasteiger partial charge in [0.2, 0.25) is 0 Å². The molecule has 0 aliphatic heterocycles. The Bertz CT molecular complexity index is 300. The molecule has 0 heterocycles. The molecule has 0 amide bonds. The fourth-order valence-corrected chi connectivity index (χ4v) is 1.13. The van der Waals surface area contributed by atoms with Crippen LogP contribution in [0.5, 0.6) is 0 Å². The van der Waals surface area contributed by atoms with Crippen LogP contribution in [0, 0.1) is 5.92 Å². The molecule has 1 atom stereocenters. The quantitative estimate of drug-likeness (QED) is 0.614. The lowest BCUT2D eigenvalue weighted by Gasteiger charge is -2.05. The number of ether oxygens (including phenoxy) is 1. The molecule has 0 fully saturated rings. The molecule has 2 N–H and O–H groups in total. The van der Waals surface area contributed by atoms with Gasteiger partial charge in [0.15, 0.2) is 0 Å². The van der Waals surface area contributed by atoms with Crippen molar-refractivity contribution in [2.75, 3.05) is 7.11 Å². The summed E-state index contributed by atoms with van der Waals surface area (Å²) >= 11 is 0. The van der Waals surface area contributed by atoms with Crippen LogP contribution in [0.15, 0.2) is 35.6 Å². The van der Waals surface area contributed by atoms with Gasteiger partial charge in [0.05, 0.1) is 12.7 Å². The third-order valence-electron chi connectivity index (χ3n) is 1.84. The van der Waals surface area contributed by atoms with Crippen LogP contribution < -0.4 is 5.73 Å². The minimum Gasteiger partial charge on any atom is -0.465 e. The lowest BCUT2D eigenvalue weighted by Crippen LogP contribution is -2.12. The van der Waals surface area contributed by atoms with Gasteiger partial charge in [-0.2, -0.15) is 0 Å². The largest absolute Gasteiger partial charge is 0.465 e. The Morgan fingerprint density at radius 2 is 2.31 bits per heavy atom. The minimum atomic E-state index is -0.385. The van der Waals surface area contributed by atoms with Crippen molar-refractivity contribution < 1.29 is 9.53 Å². The number of carbonyl (C=O) groups excluding carboxylic acids is 1. The molecule has 0 spiro atoms. The van der Waals surface area contributed by atoms with E-state index in [1.165, 1.54) is 7.11 Å². The molecule has 13 heavy (non-hydrogen) atoms. The van der Waals surface area contributed by atoms with Gasteiger partial charge in [0, 0.05) is 5.70 Å². The molecular weight excluding hydrogens is 166 g/mol. The van der Waals surface area contributed by atoms with Gasteiger partial charge in [-0.3, -0.25) is 0 Å². The fourth-order valence-electron chi connectivity index (χ4n) is 1.13. The van der Waals surface area contributed by atoms with E-state index in [1.807, 2.05) is 19.1 Å². The highest BCUT2D eigenvalue weighted by Crippen LogP contribution is 2.15. The zero-order valence-corrected chi connectivity index (χ0v) is 7.78. The molecule has 1 unspecified atom stereocenters. The lowest BCUT2D eigenvalue weighted by atomic mass is 10.1. The Hall–Kier alpha value is -1.51. The first-order valence-electron chi connectivity index (χ1n) is 4.09. The van der Waals surface area contributed by atoms with E-state index in [4.69, 9.17) is 5.73 Å². The molecule has 0 aromatic heterocycles. The van der Waals surface area contributed by atoms with Gasteiger partial charge in [-0.05, 0) is 12.0 Å². The molecule has 70 valence electrons. The highest BCUT2D eigenvalue weighted by Gasteiger charge is 2.14. The van der Waals surface area contributed by atoms with Crippen molar-refractivity contribution in [1.82, 2.24) is 0 Å². The van der Waals surface area contributed by atoms with Crippen LogP contribution >= 0.6 is 0 Å². The Kier molecular flexibility index (Phi) is 2.90. The number of allylic oxidation sites excluding steroid dienone is 4.